The van der Waals surface area contributed by atoms with E-state index in [4.69, 9.17) is 11.6 Å². The van der Waals surface area contributed by atoms with Crippen LogP contribution in [-0.2, 0) is 0 Å². The van der Waals surface area contributed by atoms with E-state index in [9.17, 15) is 0 Å². The van der Waals surface area contributed by atoms with E-state index in [-0.39, 0.29) is 0 Å². The van der Waals surface area contributed by atoms with Gasteiger partial charge in [-0.05, 0) is 43.4 Å². The summed E-state index contributed by atoms with van der Waals surface area (Å²) in [6, 6.07) is 6.01. The number of amidine groups is 1. The lowest BCUT2D eigenvalue weighted by Gasteiger charge is -2.09. The Morgan fingerprint density at radius 3 is 3.00 bits per heavy atom. The van der Waals surface area contributed by atoms with E-state index in [2.05, 4.69) is 23.3 Å². The van der Waals surface area contributed by atoms with Gasteiger partial charge in [0.05, 0.1) is 17.3 Å². The van der Waals surface area contributed by atoms with Gasteiger partial charge in [0.2, 0.25) is 0 Å². The molecule has 90 valence electrons. The first kappa shape index (κ1) is 11.4. The Hall–Kier alpha value is -0.670. The maximum atomic E-state index is 6.16. The van der Waals surface area contributed by atoms with Gasteiger partial charge in [-0.3, -0.25) is 4.99 Å². The van der Waals surface area contributed by atoms with Gasteiger partial charge in [0.15, 0.2) is 5.17 Å². The molecular formula is C13H15ClN2S. The highest BCUT2D eigenvalue weighted by molar-refractivity contribution is 8.15. The average Bonchev–Trinajstić information content (AvgIpc) is 3.05. The third kappa shape index (κ3) is 2.61. The van der Waals surface area contributed by atoms with E-state index in [0.717, 1.165) is 28.3 Å². The fourth-order valence-electron chi connectivity index (χ4n) is 2.02. The minimum atomic E-state index is 0.695. The Kier molecular flexibility index (Phi) is 3.05. The molecule has 0 radical (unpaired) electrons. The number of benzene rings is 1. The molecule has 0 amide bonds. The summed E-state index contributed by atoms with van der Waals surface area (Å²) in [7, 11) is 0. The van der Waals surface area contributed by atoms with Crippen molar-refractivity contribution in [3.05, 3.63) is 28.8 Å². The van der Waals surface area contributed by atoms with Crippen LogP contribution in [0.1, 0.15) is 18.4 Å². The molecule has 4 heteroatoms. The Morgan fingerprint density at radius 1 is 1.41 bits per heavy atom. The molecule has 1 aromatic carbocycles. The van der Waals surface area contributed by atoms with Crippen LogP contribution < -0.4 is 5.32 Å². The summed E-state index contributed by atoms with van der Waals surface area (Å²) in [5.41, 5.74) is 2.17. The summed E-state index contributed by atoms with van der Waals surface area (Å²) in [6.45, 7) is 3.03. The van der Waals surface area contributed by atoms with Crippen LogP contribution in [0.3, 0.4) is 0 Å². The molecule has 0 aromatic heterocycles. The lowest BCUT2D eigenvalue weighted by molar-refractivity contribution is 0.773. The predicted molar refractivity (Wildman–Crippen MR) is 76.2 cm³/mol. The maximum absolute atomic E-state index is 6.16. The van der Waals surface area contributed by atoms with Crippen LogP contribution in [0.15, 0.2) is 23.2 Å². The van der Waals surface area contributed by atoms with Crippen molar-refractivity contribution in [1.29, 1.82) is 0 Å². The fraction of sp³-hybridized carbons (Fsp3) is 0.462. The van der Waals surface area contributed by atoms with E-state index in [1.807, 2.05) is 23.9 Å². The highest BCUT2D eigenvalue weighted by Crippen LogP contribution is 2.42. The summed E-state index contributed by atoms with van der Waals surface area (Å²) in [6.07, 6.45) is 2.76. The molecular weight excluding hydrogens is 252 g/mol. The monoisotopic (exact) mass is 266 g/mol. The van der Waals surface area contributed by atoms with Crippen molar-refractivity contribution in [2.45, 2.75) is 25.0 Å². The third-order valence-electron chi connectivity index (χ3n) is 3.19. The molecule has 1 aliphatic heterocycles. The van der Waals surface area contributed by atoms with Gasteiger partial charge in [0, 0.05) is 5.25 Å². The Balaban J connectivity index is 1.68. The van der Waals surface area contributed by atoms with Gasteiger partial charge in [-0.2, -0.15) is 0 Å². The number of anilines is 1. The Bertz CT molecular complexity index is 468. The van der Waals surface area contributed by atoms with Gasteiger partial charge in [-0.15, -0.1) is 0 Å². The summed E-state index contributed by atoms with van der Waals surface area (Å²) >= 11 is 8.03. The van der Waals surface area contributed by atoms with Crippen molar-refractivity contribution >= 4 is 34.2 Å². The summed E-state index contributed by atoms with van der Waals surface area (Å²) < 4.78 is 0. The first-order valence-electron chi connectivity index (χ1n) is 5.96. The number of nitrogens with one attached hydrogen (secondary N) is 1. The summed E-state index contributed by atoms with van der Waals surface area (Å²) in [4.78, 5) is 4.55. The number of nitrogens with zero attached hydrogens (tertiary/aromatic N) is 1. The van der Waals surface area contributed by atoms with Crippen molar-refractivity contribution in [2.75, 3.05) is 11.9 Å². The molecule has 1 aliphatic carbocycles. The minimum absolute atomic E-state index is 0.695. The van der Waals surface area contributed by atoms with Crippen LogP contribution in [0, 0.1) is 12.8 Å². The second kappa shape index (κ2) is 4.54. The molecule has 3 rings (SSSR count). The summed E-state index contributed by atoms with van der Waals surface area (Å²) in [5.74, 6) is 0.899. The third-order valence-corrected chi connectivity index (χ3v) is 4.81. The molecule has 0 spiro atoms. The number of thioether (sulfide) groups is 1. The molecule has 1 fully saturated rings. The number of rotatable bonds is 2. The minimum Gasteiger partial charge on any atom is -0.334 e. The molecule has 17 heavy (non-hydrogen) atoms. The number of halogens is 1. The first-order valence-corrected chi connectivity index (χ1v) is 7.22. The molecule has 2 aliphatic rings. The van der Waals surface area contributed by atoms with Crippen LogP contribution in [-0.4, -0.2) is 17.0 Å². The predicted octanol–water partition coefficient (Wildman–Crippen LogP) is 3.94. The van der Waals surface area contributed by atoms with Crippen LogP contribution in [0.2, 0.25) is 5.02 Å². The molecule has 1 saturated carbocycles. The van der Waals surface area contributed by atoms with Crippen LogP contribution >= 0.6 is 23.4 Å². The van der Waals surface area contributed by atoms with Gasteiger partial charge >= 0.3 is 0 Å². The smallest absolute Gasteiger partial charge is 0.161 e. The molecule has 0 bridgehead atoms. The van der Waals surface area contributed by atoms with Crippen LogP contribution in [0.5, 0.6) is 0 Å². The zero-order valence-corrected chi connectivity index (χ0v) is 11.3. The van der Waals surface area contributed by atoms with Crippen molar-refractivity contribution in [3.63, 3.8) is 0 Å². The molecule has 1 aromatic rings. The van der Waals surface area contributed by atoms with Gasteiger partial charge in [-0.25, -0.2) is 0 Å². The second-order valence-corrected chi connectivity index (χ2v) is 6.38. The fourth-order valence-corrected chi connectivity index (χ4v) is 3.41. The number of hydrogen-bond acceptors (Lipinski definition) is 3. The molecule has 1 N–H and O–H groups in total. The molecule has 2 nitrogen and oxygen atoms in total. The van der Waals surface area contributed by atoms with Gasteiger partial charge < -0.3 is 5.32 Å². The topological polar surface area (TPSA) is 24.4 Å². The molecule has 0 saturated heterocycles. The van der Waals surface area contributed by atoms with Crippen molar-refractivity contribution in [2.24, 2.45) is 10.9 Å². The number of hydrogen-bond donors (Lipinski definition) is 1. The van der Waals surface area contributed by atoms with Crippen LogP contribution in [0.4, 0.5) is 5.69 Å². The molecule has 1 atom stereocenters. The highest BCUT2D eigenvalue weighted by Gasteiger charge is 2.35. The lowest BCUT2D eigenvalue weighted by atomic mass is 10.2. The average molecular weight is 267 g/mol. The first-order chi connectivity index (χ1) is 8.22. The van der Waals surface area contributed by atoms with Crippen LogP contribution in [0.25, 0.3) is 0 Å². The van der Waals surface area contributed by atoms with Crippen molar-refractivity contribution in [1.82, 2.24) is 0 Å². The molecule has 1 heterocycles. The second-order valence-electron chi connectivity index (χ2n) is 4.75. The van der Waals surface area contributed by atoms with Gasteiger partial charge in [-0.1, -0.05) is 29.4 Å². The van der Waals surface area contributed by atoms with E-state index in [1.54, 1.807) is 0 Å². The Labute approximate surface area is 111 Å². The van der Waals surface area contributed by atoms with Gasteiger partial charge in [0.25, 0.3) is 0 Å². The number of aryl methyl sites for hydroxylation is 1. The Morgan fingerprint density at radius 2 is 2.24 bits per heavy atom. The number of aliphatic imine (C=N–C) groups is 1. The largest absolute Gasteiger partial charge is 0.334 e. The normalized spacial score (nSPS) is 23.6. The van der Waals surface area contributed by atoms with Gasteiger partial charge in [0.1, 0.15) is 0 Å². The van der Waals surface area contributed by atoms with E-state index in [1.165, 1.54) is 18.4 Å². The maximum Gasteiger partial charge on any atom is 0.161 e. The quantitative estimate of drug-likeness (QED) is 0.877. The summed E-state index contributed by atoms with van der Waals surface area (Å²) in [5, 5.41) is 5.82. The van der Waals surface area contributed by atoms with E-state index >= 15 is 0 Å². The van der Waals surface area contributed by atoms with Crippen molar-refractivity contribution < 1.29 is 0 Å². The molecule has 1 unspecified atom stereocenters. The highest BCUT2D eigenvalue weighted by atomic mass is 35.5. The standard InChI is InChI=1S/C13H15ClN2S/c1-8-2-5-10(14)11(6-8)16-13-15-7-12(17-13)9-3-4-9/h2,5-6,9,12H,3-4,7H2,1H3,(H,15,16). The van der Waals surface area contributed by atoms with Crippen molar-refractivity contribution in [3.8, 4) is 0 Å². The van der Waals surface area contributed by atoms with E-state index < -0.39 is 0 Å². The lowest BCUT2D eigenvalue weighted by Crippen LogP contribution is -2.09. The SMILES string of the molecule is Cc1ccc(Cl)c(NC2=NCC(C3CC3)S2)c1. The van der Waals surface area contributed by atoms with E-state index in [0.29, 0.717) is 5.25 Å². The zero-order valence-electron chi connectivity index (χ0n) is 9.74. The zero-order chi connectivity index (χ0) is 11.8.